The summed E-state index contributed by atoms with van der Waals surface area (Å²) in [6.45, 7) is 2.48. The maximum Gasteiger partial charge on any atom is 0.280 e. The van der Waals surface area contributed by atoms with Gasteiger partial charge in [0.25, 0.3) is 12.2 Å². The Morgan fingerprint density at radius 3 is 2.96 bits per heavy atom. The third-order valence-corrected chi connectivity index (χ3v) is 5.03. The molecule has 1 atom stereocenters. The number of fused-ring (bicyclic) bond motifs is 1. The van der Waals surface area contributed by atoms with Crippen LogP contribution < -0.4 is 4.74 Å². The second-order valence-corrected chi connectivity index (χ2v) is 6.76. The molecule has 142 valence electrons. The van der Waals surface area contributed by atoms with Crippen molar-refractivity contribution in [1.82, 2.24) is 24.5 Å². The number of aromatic nitrogens is 4. The Morgan fingerprint density at radius 2 is 2.15 bits per heavy atom. The number of piperidine rings is 1. The summed E-state index contributed by atoms with van der Waals surface area (Å²) in [5.41, 5.74) is 1.62. The van der Waals surface area contributed by atoms with Gasteiger partial charge in [0.1, 0.15) is 17.8 Å². The third kappa shape index (κ3) is 3.62. The molecule has 1 aliphatic rings. The van der Waals surface area contributed by atoms with Gasteiger partial charge < -0.3 is 4.74 Å². The average molecular weight is 373 g/mol. The van der Waals surface area contributed by atoms with Crippen LogP contribution in [0, 0.1) is 0 Å². The van der Waals surface area contributed by atoms with E-state index in [1.807, 2.05) is 18.2 Å². The third-order valence-electron chi connectivity index (χ3n) is 5.03. The highest BCUT2D eigenvalue weighted by atomic mass is 19.3. The smallest absolute Gasteiger partial charge is 0.280 e. The number of methoxy groups -OCH3 is 1. The lowest BCUT2D eigenvalue weighted by molar-refractivity contribution is 0.142. The summed E-state index contributed by atoms with van der Waals surface area (Å²) in [4.78, 5) is 10.8. The topological polar surface area (TPSA) is 55.6 Å². The number of likely N-dealkylation sites (tertiary alicyclic amines) is 1. The summed E-state index contributed by atoms with van der Waals surface area (Å²) in [5.74, 6) is 1.18. The van der Waals surface area contributed by atoms with Crippen molar-refractivity contribution in [1.29, 1.82) is 0 Å². The van der Waals surface area contributed by atoms with E-state index in [1.165, 1.54) is 12.4 Å². The minimum Gasteiger partial charge on any atom is -0.496 e. The minimum atomic E-state index is -2.62. The molecule has 6 nitrogen and oxygen atoms in total. The number of rotatable bonds is 5. The van der Waals surface area contributed by atoms with E-state index in [0.717, 1.165) is 48.3 Å². The Kier molecular flexibility index (Phi) is 4.98. The number of ether oxygens (including phenoxy) is 1. The average Bonchev–Trinajstić information content (AvgIpc) is 3.16. The maximum absolute atomic E-state index is 13.4. The second kappa shape index (κ2) is 7.56. The molecule has 0 amide bonds. The van der Waals surface area contributed by atoms with Gasteiger partial charge in [-0.3, -0.25) is 4.90 Å². The number of para-hydroxylation sites is 1. The number of benzene rings is 1. The molecule has 0 aliphatic carbocycles. The molecule has 1 aliphatic heterocycles. The monoisotopic (exact) mass is 373 g/mol. The molecular formula is C19H21F2N5O. The van der Waals surface area contributed by atoms with E-state index in [0.29, 0.717) is 5.69 Å². The number of hydrogen-bond donors (Lipinski definition) is 0. The zero-order valence-electron chi connectivity index (χ0n) is 15.1. The van der Waals surface area contributed by atoms with Gasteiger partial charge in [0.05, 0.1) is 12.8 Å². The van der Waals surface area contributed by atoms with E-state index in [9.17, 15) is 8.78 Å². The molecule has 2 aromatic heterocycles. The van der Waals surface area contributed by atoms with Gasteiger partial charge >= 0.3 is 0 Å². The van der Waals surface area contributed by atoms with Crippen LogP contribution in [0.4, 0.5) is 8.78 Å². The van der Waals surface area contributed by atoms with Gasteiger partial charge in [-0.2, -0.15) is 14.6 Å². The van der Waals surface area contributed by atoms with E-state index in [-0.39, 0.29) is 17.4 Å². The molecule has 0 bridgehead atoms. The predicted molar refractivity (Wildman–Crippen MR) is 96.0 cm³/mol. The lowest BCUT2D eigenvalue weighted by Gasteiger charge is -2.32. The molecule has 4 rings (SSSR count). The van der Waals surface area contributed by atoms with Crippen molar-refractivity contribution in [2.75, 3.05) is 20.2 Å². The Balaban J connectivity index is 1.57. The molecule has 0 saturated carbocycles. The highest BCUT2D eigenvalue weighted by Crippen LogP contribution is 2.30. The SMILES string of the molecule is COc1ccccc1CN1CCC[C@@H](c2cc(C(F)F)n3ncnc3n2)C1. The molecule has 8 heteroatoms. The number of nitrogens with zero attached hydrogens (tertiary/aromatic N) is 5. The van der Waals surface area contributed by atoms with Crippen LogP contribution in [-0.2, 0) is 6.54 Å². The molecule has 27 heavy (non-hydrogen) atoms. The second-order valence-electron chi connectivity index (χ2n) is 6.76. The van der Waals surface area contributed by atoms with Gasteiger partial charge in [0.15, 0.2) is 0 Å². The highest BCUT2D eigenvalue weighted by Gasteiger charge is 2.26. The van der Waals surface area contributed by atoms with Gasteiger partial charge in [-0.05, 0) is 31.5 Å². The molecule has 1 fully saturated rings. The van der Waals surface area contributed by atoms with Crippen molar-refractivity contribution in [2.24, 2.45) is 0 Å². The molecular weight excluding hydrogens is 352 g/mol. The fraction of sp³-hybridized carbons (Fsp3) is 0.421. The van der Waals surface area contributed by atoms with Gasteiger partial charge in [-0.1, -0.05) is 18.2 Å². The van der Waals surface area contributed by atoms with Crippen molar-refractivity contribution in [3.05, 3.63) is 53.6 Å². The first-order valence-electron chi connectivity index (χ1n) is 8.98. The summed E-state index contributed by atoms with van der Waals surface area (Å²) in [6, 6.07) is 9.42. The van der Waals surface area contributed by atoms with E-state index >= 15 is 0 Å². The van der Waals surface area contributed by atoms with Crippen molar-refractivity contribution in [2.45, 2.75) is 31.7 Å². The van der Waals surface area contributed by atoms with E-state index < -0.39 is 6.43 Å². The normalized spacial score (nSPS) is 18.3. The highest BCUT2D eigenvalue weighted by molar-refractivity contribution is 5.34. The van der Waals surface area contributed by atoms with Crippen LogP contribution in [-0.4, -0.2) is 44.7 Å². The van der Waals surface area contributed by atoms with Gasteiger partial charge in [0, 0.05) is 24.6 Å². The van der Waals surface area contributed by atoms with Crippen LogP contribution in [0.5, 0.6) is 5.75 Å². The van der Waals surface area contributed by atoms with Crippen LogP contribution in [0.25, 0.3) is 5.78 Å². The standard InChI is InChI=1S/C19H21F2N5O/c1-27-17-7-3-2-5-14(17)11-25-8-4-6-13(10-25)15-9-16(18(20)21)26-19(24-15)22-12-23-26/h2-3,5,7,9,12-13,18H,4,6,8,10-11H2,1H3/t13-/m1/s1. The summed E-state index contributed by atoms with van der Waals surface area (Å²) in [5, 5.41) is 3.85. The molecule has 1 saturated heterocycles. The lowest BCUT2D eigenvalue weighted by Crippen LogP contribution is -2.34. The number of alkyl halides is 2. The lowest BCUT2D eigenvalue weighted by atomic mass is 9.93. The Bertz CT molecular complexity index is 929. The number of hydrogen-bond acceptors (Lipinski definition) is 5. The van der Waals surface area contributed by atoms with E-state index in [1.54, 1.807) is 7.11 Å². The molecule has 0 N–H and O–H groups in total. The predicted octanol–water partition coefficient (Wildman–Crippen LogP) is 3.45. The van der Waals surface area contributed by atoms with Crippen LogP contribution in [0.3, 0.4) is 0 Å². The van der Waals surface area contributed by atoms with Crippen molar-refractivity contribution >= 4 is 5.78 Å². The van der Waals surface area contributed by atoms with Gasteiger partial charge in [-0.15, -0.1) is 0 Å². The van der Waals surface area contributed by atoms with E-state index in [2.05, 4.69) is 26.0 Å². The van der Waals surface area contributed by atoms with Crippen molar-refractivity contribution < 1.29 is 13.5 Å². The van der Waals surface area contributed by atoms with Crippen molar-refractivity contribution in [3.8, 4) is 5.75 Å². The summed E-state index contributed by atoms with van der Waals surface area (Å²) in [6.07, 6.45) is 0.544. The zero-order chi connectivity index (χ0) is 18.8. The molecule has 0 radical (unpaired) electrons. The molecule has 1 aromatic carbocycles. The molecule has 0 spiro atoms. The Hall–Kier alpha value is -2.61. The quantitative estimate of drug-likeness (QED) is 0.686. The van der Waals surface area contributed by atoms with E-state index in [4.69, 9.17) is 4.74 Å². The fourth-order valence-corrected chi connectivity index (χ4v) is 3.73. The summed E-state index contributed by atoms with van der Waals surface area (Å²) >= 11 is 0. The summed E-state index contributed by atoms with van der Waals surface area (Å²) < 4.78 is 33.4. The Labute approximate surface area is 155 Å². The van der Waals surface area contributed by atoms with Gasteiger partial charge in [-0.25, -0.2) is 13.8 Å². The van der Waals surface area contributed by atoms with Gasteiger partial charge in [0.2, 0.25) is 0 Å². The van der Waals surface area contributed by atoms with Crippen LogP contribution in [0.15, 0.2) is 36.7 Å². The first kappa shape index (κ1) is 17.8. The maximum atomic E-state index is 13.4. The van der Waals surface area contributed by atoms with Crippen LogP contribution >= 0.6 is 0 Å². The first-order chi connectivity index (χ1) is 13.2. The molecule has 3 aromatic rings. The van der Waals surface area contributed by atoms with Crippen molar-refractivity contribution in [3.63, 3.8) is 0 Å². The fourth-order valence-electron chi connectivity index (χ4n) is 3.73. The minimum absolute atomic E-state index is 0.0904. The molecule has 0 unspecified atom stereocenters. The molecule has 3 heterocycles. The Morgan fingerprint density at radius 1 is 1.30 bits per heavy atom. The van der Waals surface area contributed by atoms with Crippen LogP contribution in [0.2, 0.25) is 0 Å². The summed E-state index contributed by atoms with van der Waals surface area (Å²) in [7, 11) is 1.67. The number of halogens is 2. The zero-order valence-corrected chi connectivity index (χ0v) is 15.1. The largest absolute Gasteiger partial charge is 0.496 e. The van der Waals surface area contributed by atoms with Crippen LogP contribution in [0.1, 0.15) is 42.1 Å². The first-order valence-corrected chi connectivity index (χ1v) is 8.98.